The van der Waals surface area contributed by atoms with Crippen LogP contribution in [0, 0.1) is 0 Å². The predicted molar refractivity (Wildman–Crippen MR) is 112 cm³/mol. The van der Waals surface area contributed by atoms with Crippen LogP contribution in [0.25, 0.3) is 21.1 Å². The van der Waals surface area contributed by atoms with Gasteiger partial charge in [0, 0.05) is 42.1 Å². The normalized spacial score (nSPS) is 11.7. The van der Waals surface area contributed by atoms with Crippen molar-refractivity contribution in [2.45, 2.75) is 6.42 Å². The van der Waals surface area contributed by atoms with Gasteiger partial charge in [0.2, 0.25) is 10.0 Å². The van der Waals surface area contributed by atoms with Crippen molar-refractivity contribution in [1.82, 2.24) is 9.71 Å². The summed E-state index contributed by atoms with van der Waals surface area (Å²) in [6.45, 7) is 0.416. The van der Waals surface area contributed by atoms with Crippen molar-refractivity contribution < 1.29 is 8.42 Å². The molecule has 0 aliphatic rings. The lowest BCUT2D eigenvalue weighted by Crippen LogP contribution is -2.23. The molecule has 0 spiro atoms. The topological polar surface area (TPSA) is 62.3 Å². The standard InChI is InChI=1S/C18H21N3O2S3/c1-21(2)14-6-4-13(5-7-14)18-20-16(12-24-18)17-9-8-15(25-17)10-11-19-26(3,22)23/h4-9,12,19H,10-11H2,1-3H3. The fourth-order valence-corrected chi connectivity index (χ4v) is 4.77. The van der Waals surface area contributed by atoms with Gasteiger partial charge in [-0.1, -0.05) is 0 Å². The van der Waals surface area contributed by atoms with E-state index in [1.54, 1.807) is 22.7 Å². The third kappa shape index (κ3) is 4.91. The number of rotatable bonds is 7. The second kappa shape index (κ2) is 7.87. The molecule has 0 fully saturated rings. The van der Waals surface area contributed by atoms with E-state index in [0.29, 0.717) is 13.0 Å². The molecule has 0 amide bonds. The van der Waals surface area contributed by atoms with E-state index in [9.17, 15) is 8.42 Å². The number of sulfonamides is 1. The van der Waals surface area contributed by atoms with Crippen molar-refractivity contribution >= 4 is 38.4 Å². The average molecular weight is 408 g/mol. The second-order valence-corrected chi connectivity index (χ2v) is 10.0. The summed E-state index contributed by atoms with van der Waals surface area (Å²) in [4.78, 5) is 9.08. The van der Waals surface area contributed by atoms with E-state index >= 15 is 0 Å². The van der Waals surface area contributed by atoms with Crippen molar-refractivity contribution in [1.29, 1.82) is 0 Å². The van der Waals surface area contributed by atoms with Gasteiger partial charge in [-0.15, -0.1) is 22.7 Å². The molecule has 26 heavy (non-hydrogen) atoms. The third-order valence-corrected chi connectivity index (χ3v) is 6.57. The molecule has 0 saturated heterocycles. The van der Waals surface area contributed by atoms with E-state index in [4.69, 9.17) is 4.98 Å². The Hall–Kier alpha value is -1.74. The fourth-order valence-electron chi connectivity index (χ4n) is 2.43. The van der Waals surface area contributed by atoms with Crippen LogP contribution in [0.15, 0.2) is 41.8 Å². The molecule has 0 aliphatic heterocycles. The molecular weight excluding hydrogens is 386 g/mol. The highest BCUT2D eigenvalue weighted by molar-refractivity contribution is 7.88. The van der Waals surface area contributed by atoms with Crippen molar-refractivity contribution in [3.05, 3.63) is 46.7 Å². The van der Waals surface area contributed by atoms with Crippen LogP contribution < -0.4 is 9.62 Å². The van der Waals surface area contributed by atoms with E-state index in [1.165, 1.54) is 6.26 Å². The van der Waals surface area contributed by atoms with Crippen LogP contribution in [0.4, 0.5) is 5.69 Å². The van der Waals surface area contributed by atoms with Crippen LogP contribution in [0.2, 0.25) is 0 Å². The van der Waals surface area contributed by atoms with Crippen LogP contribution in [0.5, 0.6) is 0 Å². The maximum absolute atomic E-state index is 11.1. The first-order valence-electron chi connectivity index (χ1n) is 8.09. The highest BCUT2D eigenvalue weighted by Gasteiger charge is 2.10. The summed E-state index contributed by atoms with van der Waals surface area (Å²) < 4.78 is 24.8. The number of benzene rings is 1. The van der Waals surface area contributed by atoms with Gasteiger partial charge in [0.1, 0.15) is 5.01 Å². The summed E-state index contributed by atoms with van der Waals surface area (Å²) in [6, 6.07) is 12.5. The number of anilines is 1. The lowest BCUT2D eigenvalue weighted by molar-refractivity contribution is 0.588. The molecule has 2 aromatic heterocycles. The zero-order chi connectivity index (χ0) is 18.7. The quantitative estimate of drug-likeness (QED) is 0.649. The number of thiophene rings is 1. The molecule has 5 nitrogen and oxygen atoms in total. The largest absolute Gasteiger partial charge is 0.378 e. The van der Waals surface area contributed by atoms with Gasteiger partial charge >= 0.3 is 0 Å². The molecule has 1 N–H and O–H groups in total. The summed E-state index contributed by atoms with van der Waals surface area (Å²) in [5, 5.41) is 3.07. The first-order valence-corrected chi connectivity index (χ1v) is 11.7. The SMILES string of the molecule is CN(C)c1ccc(-c2nc(-c3ccc(CCNS(C)(=O)=O)s3)cs2)cc1. The van der Waals surface area contributed by atoms with E-state index in [0.717, 1.165) is 31.7 Å². The first-order chi connectivity index (χ1) is 12.3. The molecule has 0 saturated carbocycles. The van der Waals surface area contributed by atoms with Gasteiger partial charge in [0.15, 0.2) is 0 Å². The number of hydrogen-bond acceptors (Lipinski definition) is 6. The average Bonchev–Trinajstić information content (AvgIpc) is 3.22. The maximum Gasteiger partial charge on any atom is 0.208 e. The predicted octanol–water partition coefficient (Wildman–Crippen LogP) is 3.70. The maximum atomic E-state index is 11.1. The second-order valence-electron chi connectivity index (χ2n) is 6.16. The Morgan fingerprint density at radius 3 is 2.50 bits per heavy atom. The van der Waals surface area contributed by atoms with Gasteiger partial charge in [-0.3, -0.25) is 0 Å². The molecule has 2 heterocycles. The summed E-state index contributed by atoms with van der Waals surface area (Å²) in [6.07, 6.45) is 1.86. The summed E-state index contributed by atoms with van der Waals surface area (Å²) >= 11 is 3.29. The Morgan fingerprint density at radius 2 is 1.85 bits per heavy atom. The van der Waals surface area contributed by atoms with Crippen molar-refractivity contribution in [3.63, 3.8) is 0 Å². The molecule has 0 bridgehead atoms. The molecule has 138 valence electrons. The Balaban J connectivity index is 1.70. The van der Waals surface area contributed by atoms with E-state index in [1.807, 2.05) is 20.2 Å². The molecule has 0 radical (unpaired) electrons. The summed E-state index contributed by atoms with van der Waals surface area (Å²) in [5.41, 5.74) is 3.24. The van der Waals surface area contributed by atoms with Gasteiger partial charge in [0.25, 0.3) is 0 Å². The number of hydrogen-bond donors (Lipinski definition) is 1. The molecule has 0 unspecified atom stereocenters. The molecule has 3 aromatic rings. The zero-order valence-electron chi connectivity index (χ0n) is 14.9. The van der Waals surface area contributed by atoms with E-state index in [2.05, 4.69) is 45.3 Å². The van der Waals surface area contributed by atoms with Gasteiger partial charge < -0.3 is 4.90 Å². The van der Waals surface area contributed by atoms with Crippen molar-refractivity contribution in [2.24, 2.45) is 0 Å². The minimum Gasteiger partial charge on any atom is -0.378 e. The molecule has 1 aromatic carbocycles. The number of nitrogens with one attached hydrogen (secondary N) is 1. The van der Waals surface area contributed by atoms with Gasteiger partial charge in [-0.2, -0.15) is 0 Å². The van der Waals surface area contributed by atoms with Crippen LogP contribution in [-0.4, -0.2) is 40.3 Å². The Bertz CT molecular complexity index is 973. The molecular formula is C18H21N3O2S3. The monoisotopic (exact) mass is 407 g/mol. The molecule has 8 heteroatoms. The van der Waals surface area contributed by atoms with Crippen LogP contribution >= 0.6 is 22.7 Å². The minimum absolute atomic E-state index is 0.416. The van der Waals surface area contributed by atoms with Crippen LogP contribution in [-0.2, 0) is 16.4 Å². The highest BCUT2D eigenvalue weighted by atomic mass is 32.2. The minimum atomic E-state index is -3.13. The lowest BCUT2D eigenvalue weighted by Gasteiger charge is -2.11. The van der Waals surface area contributed by atoms with Crippen molar-refractivity contribution in [3.8, 4) is 21.1 Å². The summed E-state index contributed by atoms with van der Waals surface area (Å²) in [5.74, 6) is 0. The van der Waals surface area contributed by atoms with Gasteiger partial charge in [-0.25, -0.2) is 18.1 Å². The van der Waals surface area contributed by atoms with E-state index in [-0.39, 0.29) is 0 Å². The summed E-state index contributed by atoms with van der Waals surface area (Å²) in [7, 11) is 0.914. The number of nitrogens with zero attached hydrogens (tertiary/aromatic N) is 2. The Kier molecular flexibility index (Phi) is 5.76. The van der Waals surface area contributed by atoms with Crippen LogP contribution in [0.3, 0.4) is 0 Å². The molecule has 0 aliphatic carbocycles. The van der Waals surface area contributed by atoms with Gasteiger partial charge in [0.05, 0.1) is 16.8 Å². The van der Waals surface area contributed by atoms with Crippen molar-refractivity contribution in [2.75, 3.05) is 31.8 Å². The molecule has 3 rings (SSSR count). The van der Waals surface area contributed by atoms with E-state index < -0.39 is 10.0 Å². The zero-order valence-corrected chi connectivity index (χ0v) is 17.3. The number of aromatic nitrogens is 1. The smallest absolute Gasteiger partial charge is 0.208 e. The Labute approximate surface area is 162 Å². The number of thiazole rings is 1. The van der Waals surface area contributed by atoms with Gasteiger partial charge in [-0.05, 0) is 42.8 Å². The highest BCUT2D eigenvalue weighted by Crippen LogP contribution is 2.33. The third-order valence-electron chi connectivity index (χ3n) is 3.78. The van der Waals surface area contributed by atoms with Crippen LogP contribution in [0.1, 0.15) is 4.88 Å². The lowest BCUT2D eigenvalue weighted by atomic mass is 10.2. The Morgan fingerprint density at radius 1 is 1.12 bits per heavy atom. The fraction of sp³-hybridized carbons (Fsp3) is 0.278. The first kappa shape index (κ1) is 19.0. The molecule has 0 atom stereocenters.